The fourth-order valence-electron chi connectivity index (χ4n) is 4.14. The van der Waals surface area contributed by atoms with Crippen molar-refractivity contribution >= 4 is 23.0 Å². The van der Waals surface area contributed by atoms with Crippen molar-refractivity contribution < 1.29 is 14.3 Å². The van der Waals surface area contributed by atoms with Crippen LogP contribution in [0.1, 0.15) is 36.4 Å². The minimum absolute atomic E-state index is 0.0446. The highest BCUT2D eigenvalue weighted by molar-refractivity contribution is 5.81. The number of nitrogens with one attached hydrogen (secondary N) is 1. The number of amides is 1. The molecule has 32 heavy (non-hydrogen) atoms. The van der Waals surface area contributed by atoms with Gasteiger partial charge in [-0.15, -0.1) is 0 Å². The van der Waals surface area contributed by atoms with Gasteiger partial charge in [0.25, 0.3) is 11.5 Å². The Kier molecular flexibility index (Phi) is 5.93. The highest BCUT2D eigenvalue weighted by Gasteiger charge is 2.22. The summed E-state index contributed by atoms with van der Waals surface area (Å²) in [6.45, 7) is -0.223. The number of hydrogen-bond donors (Lipinski definition) is 1. The zero-order chi connectivity index (χ0) is 22.8. The SMILES string of the molecule is Cn1c(=O)c2c(ncn2CCC(=O)OCC(=O)NC2CCCc3ccccc32)n(C)c1=O. The van der Waals surface area contributed by atoms with Gasteiger partial charge < -0.3 is 14.6 Å². The topological polar surface area (TPSA) is 117 Å². The third-order valence-electron chi connectivity index (χ3n) is 5.84. The number of nitrogens with zero attached hydrogens (tertiary/aromatic N) is 4. The maximum atomic E-state index is 12.4. The van der Waals surface area contributed by atoms with Crippen LogP contribution in [0.2, 0.25) is 0 Å². The molecule has 4 rings (SSSR count). The maximum Gasteiger partial charge on any atom is 0.332 e. The van der Waals surface area contributed by atoms with Gasteiger partial charge in [0, 0.05) is 20.6 Å². The number of ether oxygens (including phenoxy) is 1. The molecule has 1 atom stereocenters. The van der Waals surface area contributed by atoms with Crippen LogP contribution < -0.4 is 16.6 Å². The lowest BCUT2D eigenvalue weighted by atomic mass is 9.88. The molecule has 10 nitrogen and oxygen atoms in total. The van der Waals surface area contributed by atoms with Gasteiger partial charge in [-0.1, -0.05) is 24.3 Å². The fourth-order valence-corrected chi connectivity index (χ4v) is 4.14. The van der Waals surface area contributed by atoms with Crippen LogP contribution in [0.3, 0.4) is 0 Å². The van der Waals surface area contributed by atoms with Gasteiger partial charge in [-0.2, -0.15) is 0 Å². The van der Waals surface area contributed by atoms with Gasteiger partial charge in [0.15, 0.2) is 17.8 Å². The van der Waals surface area contributed by atoms with Crippen LogP contribution in [0.4, 0.5) is 0 Å². The van der Waals surface area contributed by atoms with Crippen molar-refractivity contribution in [2.75, 3.05) is 6.61 Å². The summed E-state index contributed by atoms with van der Waals surface area (Å²) >= 11 is 0. The first-order valence-electron chi connectivity index (χ1n) is 10.5. The number of imidazole rings is 1. The van der Waals surface area contributed by atoms with E-state index in [4.69, 9.17) is 4.74 Å². The van der Waals surface area contributed by atoms with E-state index in [0.717, 1.165) is 29.4 Å². The summed E-state index contributed by atoms with van der Waals surface area (Å²) in [5, 5.41) is 2.94. The molecule has 2 heterocycles. The summed E-state index contributed by atoms with van der Waals surface area (Å²) in [4.78, 5) is 53.0. The Hall–Kier alpha value is -3.69. The highest BCUT2D eigenvalue weighted by Crippen LogP contribution is 2.29. The molecule has 1 amide bonds. The normalized spacial score (nSPS) is 15.4. The second-order valence-electron chi connectivity index (χ2n) is 7.94. The number of benzene rings is 1. The van der Waals surface area contributed by atoms with E-state index in [2.05, 4.69) is 16.4 Å². The summed E-state index contributed by atoms with van der Waals surface area (Å²) in [5.41, 5.74) is 1.87. The number of hydrogen-bond acceptors (Lipinski definition) is 6. The monoisotopic (exact) mass is 439 g/mol. The first kappa shape index (κ1) is 21.5. The fraction of sp³-hybridized carbons (Fsp3) is 0.409. The van der Waals surface area contributed by atoms with Crippen LogP contribution in [0, 0.1) is 0 Å². The van der Waals surface area contributed by atoms with E-state index in [1.54, 1.807) is 0 Å². The Balaban J connectivity index is 1.33. The Bertz CT molecular complexity index is 1300. The van der Waals surface area contributed by atoms with Crippen molar-refractivity contribution in [3.05, 3.63) is 62.6 Å². The molecule has 1 aromatic carbocycles. The van der Waals surface area contributed by atoms with E-state index in [-0.39, 0.29) is 42.7 Å². The second-order valence-corrected chi connectivity index (χ2v) is 7.94. The first-order valence-corrected chi connectivity index (χ1v) is 10.5. The van der Waals surface area contributed by atoms with Crippen LogP contribution in [-0.4, -0.2) is 37.2 Å². The number of esters is 1. The Labute approximate surface area is 183 Å². The molecule has 0 saturated heterocycles. The standard InChI is InChI=1S/C22H25N5O5/c1-25-20-19(21(30)26(2)22(25)31)27(13-23-20)11-10-18(29)32-12-17(28)24-16-9-5-7-14-6-3-4-8-15(14)16/h3-4,6,8,13,16H,5,7,9-12H2,1-2H3,(H,24,28). The number of carbonyl (C=O) groups excluding carboxylic acids is 2. The molecule has 0 saturated carbocycles. The minimum atomic E-state index is -0.562. The predicted molar refractivity (Wildman–Crippen MR) is 116 cm³/mol. The lowest BCUT2D eigenvalue weighted by Gasteiger charge is -2.26. The summed E-state index contributed by atoms with van der Waals surface area (Å²) in [6, 6.07) is 7.95. The van der Waals surface area contributed by atoms with Gasteiger partial charge >= 0.3 is 11.7 Å². The van der Waals surface area contributed by atoms with Crippen LogP contribution >= 0.6 is 0 Å². The molecular formula is C22H25N5O5. The van der Waals surface area contributed by atoms with Gasteiger partial charge in [0.2, 0.25) is 0 Å². The van der Waals surface area contributed by atoms with Crippen molar-refractivity contribution in [3.8, 4) is 0 Å². The van der Waals surface area contributed by atoms with Crippen LogP contribution in [0.5, 0.6) is 0 Å². The lowest BCUT2D eigenvalue weighted by Crippen LogP contribution is -2.37. The van der Waals surface area contributed by atoms with E-state index in [1.165, 1.54) is 35.1 Å². The average Bonchev–Trinajstić information content (AvgIpc) is 3.23. The molecule has 0 fully saturated rings. The van der Waals surface area contributed by atoms with Crippen molar-refractivity contribution in [1.82, 2.24) is 24.0 Å². The van der Waals surface area contributed by atoms with Gasteiger partial charge in [-0.3, -0.25) is 23.5 Å². The van der Waals surface area contributed by atoms with Crippen molar-refractivity contribution in [3.63, 3.8) is 0 Å². The largest absolute Gasteiger partial charge is 0.456 e. The van der Waals surface area contributed by atoms with E-state index >= 15 is 0 Å². The summed E-state index contributed by atoms with van der Waals surface area (Å²) < 4.78 is 8.90. The summed E-state index contributed by atoms with van der Waals surface area (Å²) in [5.74, 6) is -0.912. The number of fused-ring (bicyclic) bond motifs is 2. The second kappa shape index (κ2) is 8.81. The number of rotatable bonds is 6. The average molecular weight is 439 g/mol. The van der Waals surface area contributed by atoms with Crippen LogP contribution in [0.25, 0.3) is 11.2 Å². The molecule has 1 aliphatic rings. The molecular weight excluding hydrogens is 414 g/mol. The van der Waals surface area contributed by atoms with Crippen LogP contribution in [-0.2, 0) is 41.4 Å². The molecule has 168 valence electrons. The third kappa shape index (κ3) is 4.08. The van der Waals surface area contributed by atoms with Crippen molar-refractivity contribution in [1.29, 1.82) is 0 Å². The zero-order valence-corrected chi connectivity index (χ0v) is 18.0. The Morgan fingerprint density at radius 1 is 1.19 bits per heavy atom. The van der Waals surface area contributed by atoms with Gasteiger partial charge in [0.05, 0.1) is 18.8 Å². The third-order valence-corrected chi connectivity index (χ3v) is 5.84. The Morgan fingerprint density at radius 3 is 2.78 bits per heavy atom. The molecule has 1 unspecified atom stereocenters. The minimum Gasteiger partial charge on any atom is -0.456 e. The van der Waals surface area contributed by atoms with E-state index in [1.807, 2.05) is 18.2 Å². The molecule has 0 radical (unpaired) electrons. The van der Waals surface area contributed by atoms with Crippen LogP contribution in [0.15, 0.2) is 40.2 Å². The quantitative estimate of drug-likeness (QED) is 0.561. The molecule has 1 N–H and O–H groups in total. The molecule has 0 aliphatic heterocycles. The molecule has 0 bridgehead atoms. The van der Waals surface area contributed by atoms with Gasteiger partial charge in [0.1, 0.15) is 0 Å². The first-order chi connectivity index (χ1) is 15.4. The lowest BCUT2D eigenvalue weighted by molar-refractivity contribution is -0.149. The maximum absolute atomic E-state index is 12.4. The van der Waals surface area contributed by atoms with E-state index in [9.17, 15) is 19.2 Å². The highest BCUT2D eigenvalue weighted by atomic mass is 16.5. The Morgan fingerprint density at radius 2 is 1.97 bits per heavy atom. The summed E-state index contributed by atoms with van der Waals surface area (Å²) in [6.07, 6.45) is 4.20. The summed E-state index contributed by atoms with van der Waals surface area (Å²) in [7, 11) is 2.91. The molecule has 10 heteroatoms. The van der Waals surface area contributed by atoms with E-state index in [0.29, 0.717) is 0 Å². The number of aryl methyl sites for hydroxylation is 3. The number of aromatic nitrogens is 4. The van der Waals surface area contributed by atoms with Gasteiger partial charge in [-0.25, -0.2) is 9.78 Å². The zero-order valence-electron chi connectivity index (χ0n) is 18.0. The molecule has 3 aromatic rings. The predicted octanol–water partition coefficient (Wildman–Crippen LogP) is 0.561. The number of carbonyl (C=O) groups is 2. The van der Waals surface area contributed by atoms with Crippen molar-refractivity contribution in [2.45, 2.75) is 38.3 Å². The molecule has 1 aliphatic carbocycles. The van der Waals surface area contributed by atoms with Gasteiger partial charge in [-0.05, 0) is 30.4 Å². The molecule has 2 aromatic heterocycles. The molecule has 0 spiro atoms. The smallest absolute Gasteiger partial charge is 0.332 e. The van der Waals surface area contributed by atoms with E-state index < -0.39 is 17.2 Å². The van der Waals surface area contributed by atoms with Crippen molar-refractivity contribution in [2.24, 2.45) is 14.1 Å².